The summed E-state index contributed by atoms with van der Waals surface area (Å²) in [4.78, 5) is 36.3. The van der Waals surface area contributed by atoms with Gasteiger partial charge in [-0.3, -0.25) is 19.5 Å². The lowest BCUT2D eigenvalue weighted by Gasteiger charge is -2.15. The van der Waals surface area contributed by atoms with Crippen LogP contribution in [0.1, 0.15) is 15.2 Å². The van der Waals surface area contributed by atoms with E-state index in [1.54, 1.807) is 56.0 Å². The summed E-state index contributed by atoms with van der Waals surface area (Å²) in [5.41, 5.74) is 1.10. The Morgan fingerprint density at radius 2 is 1.96 bits per heavy atom. The first-order valence-corrected chi connectivity index (χ1v) is 9.04. The van der Waals surface area contributed by atoms with Crippen LogP contribution < -0.4 is 10.3 Å². The number of pyridine rings is 1. The van der Waals surface area contributed by atoms with Crippen LogP contribution in [0.4, 0.5) is 5.13 Å². The lowest BCUT2D eigenvalue weighted by atomic mass is 10.1. The second kappa shape index (κ2) is 6.77. The highest BCUT2D eigenvalue weighted by Crippen LogP contribution is 2.27. The van der Waals surface area contributed by atoms with E-state index < -0.39 is 0 Å². The molecule has 0 saturated carbocycles. The fraction of sp³-hybridized carbons (Fsp3) is 0.100. The molecule has 7 heteroatoms. The third-order valence-electron chi connectivity index (χ3n) is 4.15. The summed E-state index contributed by atoms with van der Waals surface area (Å²) in [5, 5.41) is 0.949. The summed E-state index contributed by atoms with van der Waals surface area (Å²) in [6.45, 7) is 1.93. The fourth-order valence-corrected chi connectivity index (χ4v) is 3.49. The number of fused-ring (bicyclic) bond motifs is 1. The van der Waals surface area contributed by atoms with Crippen molar-refractivity contribution in [2.45, 2.75) is 6.92 Å². The molecule has 0 spiro atoms. The Hall–Kier alpha value is -3.32. The lowest BCUT2D eigenvalue weighted by molar-refractivity contribution is 0.0993. The van der Waals surface area contributed by atoms with Crippen molar-refractivity contribution in [2.24, 2.45) is 0 Å². The van der Waals surface area contributed by atoms with Gasteiger partial charge in [0.1, 0.15) is 5.76 Å². The van der Waals surface area contributed by atoms with Crippen LogP contribution >= 0.6 is 11.3 Å². The van der Waals surface area contributed by atoms with Gasteiger partial charge in [-0.25, -0.2) is 4.98 Å². The van der Waals surface area contributed by atoms with Crippen molar-refractivity contribution in [2.75, 3.05) is 11.9 Å². The zero-order valence-corrected chi connectivity index (χ0v) is 15.5. The Morgan fingerprint density at radius 3 is 2.67 bits per heavy atom. The molecule has 0 saturated heterocycles. The minimum atomic E-state index is -0.287. The van der Waals surface area contributed by atoms with Crippen LogP contribution in [0.15, 0.2) is 64.2 Å². The molecule has 0 fully saturated rings. The Kier molecular flexibility index (Phi) is 4.29. The van der Waals surface area contributed by atoms with Crippen LogP contribution in [0.25, 0.3) is 22.3 Å². The van der Waals surface area contributed by atoms with Gasteiger partial charge in [-0.1, -0.05) is 6.07 Å². The number of thiazole rings is 1. The molecule has 0 atom stereocenters. The second-order valence-corrected chi connectivity index (χ2v) is 7.22. The standard InChI is InChI=1S/C20H15N3O3S/c1-12-11-22-20(27-12)23(2)19(25)15-5-3-4-14-16(24)10-17(26-18(14)15)13-6-8-21-9-7-13/h3-11H,1-2H3. The topological polar surface area (TPSA) is 76.3 Å². The van der Waals surface area contributed by atoms with E-state index in [1.807, 2.05) is 6.92 Å². The van der Waals surface area contributed by atoms with E-state index in [4.69, 9.17) is 4.42 Å². The minimum Gasteiger partial charge on any atom is -0.455 e. The van der Waals surface area contributed by atoms with Crippen LogP contribution in [-0.2, 0) is 0 Å². The zero-order valence-electron chi connectivity index (χ0n) is 14.7. The molecule has 3 aromatic heterocycles. The number of nitrogens with zero attached hydrogens (tertiary/aromatic N) is 3. The van der Waals surface area contributed by atoms with E-state index in [0.717, 1.165) is 10.4 Å². The van der Waals surface area contributed by atoms with E-state index in [9.17, 15) is 9.59 Å². The number of aromatic nitrogens is 2. The van der Waals surface area contributed by atoms with Gasteiger partial charge < -0.3 is 4.42 Å². The van der Waals surface area contributed by atoms with E-state index in [-0.39, 0.29) is 16.9 Å². The van der Waals surface area contributed by atoms with Crippen molar-refractivity contribution >= 4 is 33.3 Å². The van der Waals surface area contributed by atoms with E-state index >= 15 is 0 Å². The summed E-state index contributed by atoms with van der Waals surface area (Å²) >= 11 is 1.42. The average molecular weight is 377 g/mol. The van der Waals surface area contributed by atoms with Crippen molar-refractivity contribution in [3.63, 3.8) is 0 Å². The average Bonchev–Trinajstić information content (AvgIpc) is 3.13. The number of carbonyl (C=O) groups excluding carboxylic acids is 1. The predicted octanol–water partition coefficient (Wildman–Crippen LogP) is 3.90. The molecule has 134 valence electrons. The van der Waals surface area contributed by atoms with E-state index in [2.05, 4.69) is 9.97 Å². The molecule has 1 aromatic carbocycles. The fourth-order valence-electron chi connectivity index (χ4n) is 2.77. The number of hydrogen-bond donors (Lipinski definition) is 0. The Balaban J connectivity index is 1.87. The number of carbonyl (C=O) groups is 1. The molecule has 0 radical (unpaired) electrons. The molecule has 4 aromatic rings. The highest BCUT2D eigenvalue weighted by atomic mass is 32.1. The summed E-state index contributed by atoms with van der Waals surface area (Å²) < 4.78 is 5.98. The van der Waals surface area contributed by atoms with E-state index in [1.165, 1.54) is 22.3 Å². The SMILES string of the molecule is Cc1cnc(N(C)C(=O)c2cccc3c(=O)cc(-c4ccncc4)oc23)s1. The molecule has 0 aliphatic heterocycles. The molecule has 0 bridgehead atoms. The first kappa shape index (κ1) is 17.1. The predicted molar refractivity (Wildman–Crippen MR) is 105 cm³/mol. The van der Waals surface area contributed by atoms with Crippen molar-refractivity contribution in [3.8, 4) is 11.3 Å². The number of hydrogen-bond acceptors (Lipinski definition) is 6. The van der Waals surface area contributed by atoms with Crippen LogP contribution in [0.2, 0.25) is 0 Å². The van der Waals surface area contributed by atoms with Crippen molar-refractivity contribution in [3.05, 3.63) is 75.7 Å². The first-order chi connectivity index (χ1) is 13.0. The summed E-state index contributed by atoms with van der Waals surface area (Å²) in [6, 6.07) is 9.92. The molecular formula is C20H15N3O3S. The number of aryl methyl sites for hydroxylation is 1. The number of para-hydroxylation sites is 1. The number of rotatable bonds is 3. The lowest BCUT2D eigenvalue weighted by Crippen LogP contribution is -2.26. The third-order valence-corrected chi connectivity index (χ3v) is 5.14. The minimum absolute atomic E-state index is 0.203. The van der Waals surface area contributed by atoms with Crippen LogP contribution in [0, 0.1) is 6.92 Å². The molecule has 0 aliphatic rings. The maximum absolute atomic E-state index is 13.0. The Bertz CT molecular complexity index is 1200. The van der Waals surface area contributed by atoms with Gasteiger partial charge in [0.15, 0.2) is 16.1 Å². The van der Waals surface area contributed by atoms with Gasteiger partial charge in [0, 0.05) is 42.1 Å². The van der Waals surface area contributed by atoms with Gasteiger partial charge in [0.25, 0.3) is 5.91 Å². The van der Waals surface area contributed by atoms with Crippen molar-refractivity contribution in [1.82, 2.24) is 9.97 Å². The first-order valence-electron chi connectivity index (χ1n) is 8.22. The Labute approximate surface area is 158 Å². The zero-order chi connectivity index (χ0) is 19.0. The molecule has 0 aliphatic carbocycles. The van der Waals surface area contributed by atoms with Crippen molar-refractivity contribution in [1.29, 1.82) is 0 Å². The van der Waals surface area contributed by atoms with Crippen LogP contribution in [0.5, 0.6) is 0 Å². The van der Waals surface area contributed by atoms with Gasteiger partial charge in [-0.05, 0) is 31.2 Å². The monoisotopic (exact) mass is 377 g/mol. The van der Waals surface area contributed by atoms with Gasteiger partial charge >= 0.3 is 0 Å². The van der Waals surface area contributed by atoms with Crippen LogP contribution in [0.3, 0.4) is 0 Å². The number of anilines is 1. The smallest absolute Gasteiger partial charge is 0.263 e. The van der Waals surface area contributed by atoms with E-state index in [0.29, 0.717) is 21.8 Å². The molecular weight excluding hydrogens is 362 g/mol. The summed E-state index contributed by atoms with van der Waals surface area (Å²) in [5.74, 6) is 0.105. The van der Waals surface area contributed by atoms with Gasteiger partial charge in [-0.2, -0.15) is 0 Å². The quantitative estimate of drug-likeness (QED) is 0.541. The molecule has 27 heavy (non-hydrogen) atoms. The Morgan fingerprint density at radius 1 is 1.19 bits per heavy atom. The number of benzene rings is 1. The molecule has 6 nitrogen and oxygen atoms in total. The van der Waals surface area contributed by atoms with Crippen LogP contribution in [-0.4, -0.2) is 22.9 Å². The molecule has 0 unspecified atom stereocenters. The normalized spacial score (nSPS) is 10.9. The van der Waals surface area contributed by atoms with Gasteiger partial charge in [0.05, 0.1) is 10.9 Å². The highest BCUT2D eigenvalue weighted by Gasteiger charge is 2.21. The summed E-state index contributed by atoms with van der Waals surface area (Å²) in [6.07, 6.45) is 4.96. The van der Waals surface area contributed by atoms with Gasteiger partial charge in [0.2, 0.25) is 0 Å². The third kappa shape index (κ3) is 3.13. The molecule has 1 amide bonds. The molecule has 3 heterocycles. The maximum atomic E-state index is 13.0. The number of amides is 1. The highest BCUT2D eigenvalue weighted by molar-refractivity contribution is 7.15. The van der Waals surface area contributed by atoms with Gasteiger partial charge in [-0.15, -0.1) is 11.3 Å². The molecule has 4 rings (SSSR count). The molecule has 0 N–H and O–H groups in total. The van der Waals surface area contributed by atoms with Crippen molar-refractivity contribution < 1.29 is 9.21 Å². The maximum Gasteiger partial charge on any atom is 0.263 e. The largest absolute Gasteiger partial charge is 0.455 e. The second-order valence-electron chi connectivity index (χ2n) is 6.01. The summed E-state index contributed by atoms with van der Waals surface area (Å²) in [7, 11) is 1.66.